The van der Waals surface area contributed by atoms with Gasteiger partial charge in [0.2, 0.25) is 0 Å². The molecular formula is C13H9Cl2F3N2OS. The van der Waals surface area contributed by atoms with Crippen molar-refractivity contribution in [2.24, 2.45) is 0 Å². The predicted molar refractivity (Wildman–Crippen MR) is 80.0 cm³/mol. The van der Waals surface area contributed by atoms with E-state index < -0.39 is 12.6 Å². The van der Waals surface area contributed by atoms with Gasteiger partial charge in [0.25, 0.3) is 0 Å². The van der Waals surface area contributed by atoms with E-state index in [1.165, 1.54) is 12.4 Å². The Bertz CT molecular complexity index is 638. The van der Waals surface area contributed by atoms with E-state index in [0.717, 1.165) is 11.8 Å². The lowest BCUT2D eigenvalue weighted by atomic mass is 10.3. The molecule has 0 saturated heterocycles. The zero-order chi connectivity index (χ0) is 16.2. The molecule has 22 heavy (non-hydrogen) atoms. The normalized spacial score (nSPS) is 11.5. The molecule has 0 aliphatic rings. The molecule has 0 aliphatic heterocycles. The van der Waals surface area contributed by atoms with E-state index in [0.29, 0.717) is 20.7 Å². The summed E-state index contributed by atoms with van der Waals surface area (Å²) in [7, 11) is 0. The average molecular weight is 369 g/mol. The highest BCUT2D eigenvalue weighted by molar-refractivity contribution is 7.99. The zero-order valence-electron chi connectivity index (χ0n) is 10.9. The molecule has 9 heteroatoms. The number of hydrogen-bond acceptors (Lipinski definition) is 4. The fourth-order valence-corrected chi connectivity index (χ4v) is 2.85. The summed E-state index contributed by atoms with van der Waals surface area (Å²) in [5, 5.41) is 0.650. The lowest BCUT2D eigenvalue weighted by Gasteiger charge is -2.12. The molecule has 0 bridgehead atoms. The second-order valence-electron chi connectivity index (χ2n) is 4.07. The number of rotatable bonds is 5. The number of aromatic nitrogens is 2. The second kappa shape index (κ2) is 7.39. The molecule has 0 N–H and O–H groups in total. The van der Waals surface area contributed by atoms with Crippen molar-refractivity contribution in [1.82, 2.24) is 9.97 Å². The van der Waals surface area contributed by atoms with Crippen molar-refractivity contribution < 1.29 is 17.9 Å². The molecule has 118 valence electrons. The van der Waals surface area contributed by atoms with E-state index in [1.807, 2.05) is 0 Å². The van der Waals surface area contributed by atoms with Gasteiger partial charge in [-0.05, 0) is 12.1 Å². The first kappa shape index (κ1) is 17.2. The van der Waals surface area contributed by atoms with Crippen molar-refractivity contribution in [3.05, 3.63) is 40.6 Å². The molecule has 0 radical (unpaired) electrons. The molecule has 3 nitrogen and oxygen atoms in total. The molecule has 1 aromatic carbocycles. The van der Waals surface area contributed by atoms with Crippen LogP contribution in [0.1, 0.15) is 6.42 Å². The van der Waals surface area contributed by atoms with Gasteiger partial charge >= 0.3 is 12.2 Å². The average Bonchev–Trinajstić information content (AvgIpc) is 2.43. The topological polar surface area (TPSA) is 35.0 Å². The van der Waals surface area contributed by atoms with Gasteiger partial charge in [0.15, 0.2) is 0 Å². The first-order valence-corrected chi connectivity index (χ1v) is 7.73. The molecule has 0 spiro atoms. The van der Waals surface area contributed by atoms with Gasteiger partial charge in [-0.15, -0.1) is 11.8 Å². The van der Waals surface area contributed by atoms with Crippen LogP contribution in [-0.2, 0) is 0 Å². The maximum atomic E-state index is 12.2. The van der Waals surface area contributed by atoms with E-state index in [-0.39, 0.29) is 11.8 Å². The fourth-order valence-electron chi connectivity index (χ4n) is 1.43. The monoisotopic (exact) mass is 368 g/mol. The van der Waals surface area contributed by atoms with E-state index in [2.05, 4.69) is 9.97 Å². The highest BCUT2D eigenvalue weighted by Crippen LogP contribution is 2.38. The number of nitrogens with zero attached hydrogens (tertiary/aromatic N) is 2. The molecule has 1 aromatic heterocycles. The Hall–Kier alpha value is -1.18. The van der Waals surface area contributed by atoms with Crippen LogP contribution in [-0.4, -0.2) is 21.9 Å². The molecular weight excluding hydrogens is 360 g/mol. The van der Waals surface area contributed by atoms with Gasteiger partial charge in [0.1, 0.15) is 5.75 Å². The number of benzene rings is 1. The SMILES string of the molecule is FC(F)(F)CCSc1c(Cl)cccc1Oc1ncc(Cl)cn1. The van der Waals surface area contributed by atoms with Gasteiger partial charge in [-0.1, -0.05) is 29.3 Å². The largest absolute Gasteiger partial charge is 0.423 e. The predicted octanol–water partition coefficient (Wildman–Crippen LogP) is 5.62. The molecule has 0 aliphatic carbocycles. The Morgan fingerprint density at radius 3 is 2.45 bits per heavy atom. The van der Waals surface area contributed by atoms with Crippen LogP contribution in [0.15, 0.2) is 35.5 Å². The third-order valence-electron chi connectivity index (χ3n) is 2.36. The van der Waals surface area contributed by atoms with E-state index >= 15 is 0 Å². The Morgan fingerprint density at radius 1 is 1.14 bits per heavy atom. The molecule has 2 rings (SSSR count). The van der Waals surface area contributed by atoms with Crippen LogP contribution in [0, 0.1) is 0 Å². The quantitative estimate of drug-likeness (QED) is 0.641. The maximum absolute atomic E-state index is 12.2. The standard InChI is InChI=1S/C13H9Cl2F3N2OS/c14-8-6-19-12(20-7-8)21-10-3-1-2-9(15)11(10)22-5-4-13(16,17)18/h1-3,6-7H,4-5H2. The van der Waals surface area contributed by atoms with Gasteiger partial charge < -0.3 is 4.74 Å². The summed E-state index contributed by atoms with van der Waals surface area (Å²) < 4.78 is 42.2. The van der Waals surface area contributed by atoms with Gasteiger partial charge in [0.05, 0.1) is 33.8 Å². The van der Waals surface area contributed by atoms with Crippen LogP contribution in [0.4, 0.5) is 13.2 Å². The minimum atomic E-state index is -4.21. The first-order valence-electron chi connectivity index (χ1n) is 5.98. The lowest BCUT2D eigenvalue weighted by molar-refractivity contribution is -0.129. The van der Waals surface area contributed by atoms with Gasteiger partial charge in [-0.25, -0.2) is 9.97 Å². The minimum absolute atomic E-state index is 0.0318. The van der Waals surface area contributed by atoms with E-state index in [4.69, 9.17) is 27.9 Å². The van der Waals surface area contributed by atoms with Crippen LogP contribution >= 0.6 is 35.0 Å². The highest BCUT2D eigenvalue weighted by atomic mass is 35.5. The van der Waals surface area contributed by atoms with Gasteiger partial charge in [-0.2, -0.15) is 13.2 Å². The third kappa shape index (κ3) is 5.23. The zero-order valence-corrected chi connectivity index (χ0v) is 13.2. The second-order valence-corrected chi connectivity index (χ2v) is 6.02. The molecule has 0 fully saturated rings. The number of ether oxygens (including phenoxy) is 1. The van der Waals surface area contributed by atoms with Gasteiger partial charge in [-0.3, -0.25) is 0 Å². The smallest absolute Gasteiger partial charge is 0.389 e. The summed E-state index contributed by atoms with van der Waals surface area (Å²) in [6.45, 7) is 0. The van der Waals surface area contributed by atoms with Crippen molar-refractivity contribution in [1.29, 1.82) is 0 Å². The van der Waals surface area contributed by atoms with Crippen LogP contribution in [0.2, 0.25) is 10.0 Å². The molecule has 0 amide bonds. The molecule has 2 aromatic rings. The van der Waals surface area contributed by atoms with Crippen molar-refractivity contribution in [2.75, 3.05) is 5.75 Å². The highest BCUT2D eigenvalue weighted by Gasteiger charge is 2.26. The minimum Gasteiger partial charge on any atom is -0.423 e. The van der Waals surface area contributed by atoms with Crippen molar-refractivity contribution in [3.8, 4) is 11.8 Å². The summed E-state index contributed by atoms with van der Waals surface area (Å²) in [5.41, 5.74) is 0. The van der Waals surface area contributed by atoms with E-state index in [1.54, 1.807) is 18.2 Å². The molecule has 0 saturated carbocycles. The maximum Gasteiger partial charge on any atom is 0.389 e. The summed E-state index contributed by atoms with van der Waals surface area (Å²) >= 11 is 12.7. The Morgan fingerprint density at radius 2 is 1.82 bits per heavy atom. The Balaban J connectivity index is 2.13. The van der Waals surface area contributed by atoms with Gasteiger partial charge in [0, 0.05) is 5.75 Å². The Labute approximate surface area is 138 Å². The summed E-state index contributed by atoms with van der Waals surface area (Å²) in [6, 6.07) is 4.82. The van der Waals surface area contributed by atoms with Crippen LogP contribution < -0.4 is 4.74 Å². The van der Waals surface area contributed by atoms with E-state index in [9.17, 15) is 13.2 Å². The number of hydrogen-bond donors (Lipinski definition) is 0. The molecule has 0 unspecified atom stereocenters. The number of thioether (sulfide) groups is 1. The summed E-state index contributed by atoms with van der Waals surface area (Å²) in [4.78, 5) is 8.14. The first-order chi connectivity index (χ1) is 10.3. The molecule has 0 atom stereocenters. The Kier molecular flexibility index (Phi) is 5.77. The lowest BCUT2D eigenvalue weighted by Crippen LogP contribution is -2.08. The van der Waals surface area contributed by atoms with Crippen molar-refractivity contribution >= 4 is 35.0 Å². The van der Waals surface area contributed by atoms with Crippen molar-refractivity contribution in [3.63, 3.8) is 0 Å². The van der Waals surface area contributed by atoms with Crippen LogP contribution in [0.25, 0.3) is 0 Å². The third-order valence-corrected chi connectivity index (χ3v) is 4.10. The van der Waals surface area contributed by atoms with Crippen LogP contribution in [0.3, 0.4) is 0 Å². The molecule has 1 heterocycles. The number of alkyl halides is 3. The summed E-state index contributed by atoms with van der Waals surface area (Å²) in [5.74, 6) is 0.132. The van der Waals surface area contributed by atoms with Crippen LogP contribution in [0.5, 0.6) is 11.8 Å². The van der Waals surface area contributed by atoms with Crippen molar-refractivity contribution in [2.45, 2.75) is 17.5 Å². The number of halogens is 5. The fraction of sp³-hybridized carbons (Fsp3) is 0.231. The summed E-state index contributed by atoms with van der Waals surface area (Å²) in [6.07, 6.45) is -2.43.